The highest BCUT2D eigenvalue weighted by Crippen LogP contribution is 2.35. The molecule has 3 heterocycles. The largest absolute Gasteiger partial charge is 0.454 e. The highest BCUT2D eigenvalue weighted by Gasteiger charge is 2.20. The number of amides is 1. The van der Waals surface area contributed by atoms with Crippen LogP contribution in [0.3, 0.4) is 0 Å². The monoisotopic (exact) mass is 499 g/mol. The topological polar surface area (TPSA) is 64.1 Å². The van der Waals surface area contributed by atoms with Crippen LogP contribution in [0.1, 0.15) is 17.5 Å². The van der Waals surface area contributed by atoms with E-state index in [1.54, 1.807) is 17.1 Å². The molecule has 0 bridgehead atoms. The van der Waals surface area contributed by atoms with Gasteiger partial charge < -0.3 is 14.2 Å². The molecule has 178 valence electrons. The molecule has 2 aliphatic heterocycles. The summed E-state index contributed by atoms with van der Waals surface area (Å²) >= 11 is 7.82. The first-order valence-electron chi connectivity index (χ1n) is 11.3. The third-order valence-electron chi connectivity index (χ3n) is 6.01. The Morgan fingerprint density at radius 1 is 1.21 bits per heavy atom. The van der Waals surface area contributed by atoms with Crippen LogP contribution in [0.4, 0.5) is 5.13 Å². The van der Waals surface area contributed by atoms with E-state index >= 15 is 0 Å². The number of carbonyl (C=O) groups excluding carboxylic acids is 1. The zero-order chi connectivity index (χ0) is 23.5. The van der Waals surface area contributed by atoms with Crippen LogP contribution in [0.2, 0.25) is 5.02 Å². The molecular weight excluding hydrogens is 474 g/mol. The molecule has 1 aromatic heterocycles. The average Bonchev–Trinajstić information content (AvgIpc) is 3.50. The van der Waals surface area contributed by atoms with Crippen LogP contribution in [0.25, 0.3) is 16.3 Å². The molecule has 0 N–H and O–H groups in total. The van der Waals surface area contributed by atoms with Crippen molar-refractivity contribution in [1.29, 1.82) is 0 Å². The molecule has 0 saturated carbocycles. The first-order valence-corrected chi connectivity index (χ1v) is 12.5. The molecule has 34 heavy (non-hydrogen) atoms. The van der Waals surface area contributed by atoms with Gasteiger partial charge in [0.25, 0.3) is 5.91 Å². The van der Waals surface area contributed by atoms with Gasteiger partial charge >= 0.3 is 0 Å². The van der Waals surface area contributed by atoms with Crippen molar-refractivity contribution >= 4 is 50.3 Å². The summed E-state index contributed by atoms with van der Waals surface area (Å²) in [7, 11) is 0. The van der Waals surface area contributed by atoms with Crippen LogP contribution in [-0.2, 0) is 9.53 Å². The number of carbonyl (C=O) groups is 1. The first-order chi connectivity index (χ1) is 16.6. The second kappa shape index (κ2) is 10.3. The Morgan fingerprint density at radius 3 is 2.88 bits per heavy atom. The molecule has 1 saturated heterocycles. The first kappa shape index (κ1) is 23.1. The SMILES string of the molecule is Cc1c(Cl)ccc2sc(N(CCCN3CCOCC3)C(=O)/C=C/c3ccc4c(c3)OCO4)nc12. The van der Waals surface area contributed by atoms with Crippen molar-refractivity contribution in [3.8, 4) is 11.5 Å². The number of morpholine rings is 1. The van der Waals surface area contributed by atoms with Gasteiger partial charge in [-0.1, -0.05) is 29.0 Å². The molecule has 2 aliphatic rings. The summed E-state index contributed by atoms with van der Waals surface area (Å²) in [5.41, 5.74) is 2.65. The van der Waals surface area contributed by atoms with Crippen LogP contribution < -0.4 is 14.4 Å². The molecule has 3 aromatic rings. The Hall–Kier alpha value is -2.65. The van der Waals surface area contributed by atoms with Crippen LogP contribution >= 0.6 is 22.9 Å². The van der Waals surface area contributed by atoms with Crippen molar-refractivity contribution < 1.29 is 19.0 Å². The summed E-state index contributed by atoms with van der Waals surface area (Å²) in [4.78, 5) is 22.3. The standard InChI is InChI=1S/C25H26ClN3O4S/c1-17-19(26)5-7-22-24(17)27-25(34-22)29(10-2-9-28-11-13-31-14-12-28)23(30)8-4-18-3-6-20-21(15-18)33-16-32-20/h3-8,15H,2,9-14,16H2,1H3/b8-4+. The minimum Gasteiger partial charge on any atom is -0.454 e. The van der Waals surface area contributed by atoms with Gasteiger partial charge in [0.2, 0.25) is 6.79 Å². The Morgan fingerprint density at radius 2 is 2.03 bits per heavy atom. The molecule has 0 unspecified atom stereocenters. The molecular formula is C25H26ClN3O4S. The van der Waals surface area contributed by atoms with Crippen molar-refractivity contribution in [3.63, 3.8) is 0 Å². The van der Waals surface area contributed by atoms with Gasteiger partial charge in [0.1, 0.15) is 0 Å². The second-order valence-electron chi connectivity index (χ2n) is 8.26. The summed E-state index contributed by atoms with van der Waals surface area (Å²) in [6.07, 6.45) is 4.24. The molecule has 7 nitrogen and oxygen atoms in total. The average molecular weight is 500 g/mol. The number of rotatable bonds is 7. The zero-order valence-corrected chi connectivity index (χ0v) is 20.5. The summed E-state index contributed by atoms with van der Waals surface area (Å²) in [5.74, 6) is 1.30. The fourth-order valence-corrected chi connectivity index (χ4v) is 5.26. The van der Waals surface area contributed by atoms with Gasteiger partial charge in [-0.3, -0.25) is 14.6 Å². The molecule has 1 amide bonds. The van der Waals surface area contributed by atoms with Gasteiger partial charge in [-0.15, -0.1) is 0 Å². The summed E-state index contributed by atoms with van der Waals surface area (Å²) < 4.78 is 17.3. The number of halogens is 1. The Bertz CT molecular complexity index is 1220. The maximum absolute atomic E-state index is 13.4. The zero-order valence-electron chi connectivity index (χ0n) is 19.0. The number of benzene rings is 2. The lowest BCUT2D eigenvalue weighted by Crippen LogP contribution is -2.39. The number of aryl methyl sites for hydroxylation is 1. The molecule has 9 heteroatoms. The van der Waals surface area contributed by atoms with E-state index in [1.807, 2.05) is 37.3 Å². The van der Waals surface area contributed by atoms with Gasteiger partial charge in [-0.25, -0.2) is 4.98 Å². The third kappa shape index (κ3) is 5.05. The summed E-state index contributed by atoms with van der Waals surface area (Å²) in [6, 6.07) is 9.48. The molecule has 0 radical (unpaired) electrons. The maximum atomic E-state index is 13.4. The minimum absolute atomic E-state index is 0.109. The molecule has 2 aromatic carbocycles. The Kier molecular flexibility index (Phi) is 7.01. The lowest BCUT2D eigenvalue weighted by atomic mass is 10.2. The number of nitrogens with zero attached hydrogens (tertiary/aromatic N) is 3. The number of hydrogen-bond donors (Lipinski definition) is 0. The van der Waals surface area contributed by atoms with Crippen LogP contribution in [-0.4, -0.2) is 62.0 Å². The molecule has 5 rings (SSSR count). The molecule has 1 fully saturated rings. The van der Waals surface area contributed by atoms with E-state index in [0.29, 0.717) is 22.4 Å². The van der Waals surface area contributed by atoms with Gasteiger partial charge in [-0.2, -0.15) is 0 Å². The molecule has 0 aliphatic carbocycles. The van der Waals surface area contributed by atoms with Crippen molar-refractivity contribution in [1.82, 2.24) is 9.88 Å². The number of ether oxygens (including phenoxy) is 3. The van der Waals surface area contributed by atoms with E-state index in [2.05, 4.69) is 4.90 Å². The van der Waals surface area contributed by atoms with Crippen LogP contribution in [0.5, 0.6) is 11.5 Å². The van der Waals surface area contributed by atoms with Gasteiger partial charge in [0, 0.05) is 37.3 Å². The number of anilines is 1. The van der Waals surface area contributed by atoms with Crippen molar-refractivity contribution in [2.24, 2.45) is 0 Å². The lowest BCUT2D eigenvalue weighted by molar-refractivity contribution is -0.114. The molecule has 0 spiro atoms. The Balaban J connectivity index is 1.36. The van der Waals surface area contributed by atoms with Gasteiger partial charge in [-0.05, 0) is 54.8 Å². The quantitative estimate of drug-likeness (QED) is 0.437. The van der Waals surface area contributed by atoms with E-state index in [4.69, 9.17) is 30.8 Å². The van der Waals surface area contributed by atoms with Gasteiger partial charge in [0.15, 0.2) is 16.6 Å². The molecule has 0 atom stereocenters. The predicted octanol–water partition coefficient (Wildman–Crippen LogP) is 4.76. The van der Waals surface area contributed by atoms with Crippen molar-refractivity contribution in [3.05, 3.63) is 52.6 Å². The lowest BCUT2D eigenvalue weighted by Gasteiger charge is -2.27. The maximum Gasteiger partial charge on any atom is 0.252 e. The van der Waals surface area contributed by atoms with Crippen molar-refractivity contribution in [2.45, 2.75) is 13.3 Å². The van der Waals surface area contributed by atoms with E-state index in [9.17, 15) is 4.79 Å². The van der Waals surface area contributed by atoms with Crippen LogP contribution in [0, 0.1) is 6.92 Å². The Labute approximate surface area is 207 Å². The fourth-order valence-electron chi connectivity index (χ4n) is 4.06. The number of aromatic nitrogens is 1. The highest BCUT2D eigenvalue weighted by atomic mass is 35.5. The highest BCUT2D eigenvalue weighted by molar-refractivity contribution is 7.22. The van der Waals surface area contributed by atoms with E-state index < -0.39 is 0 Å². The number of thiazole rings is 1. The minimum atomic E-state index is -0.109. The second-order valence-corrected chi connectivity index (χ2v) is 9.68. The normalized spacial score (nSPS) is 15.9. The summed E-state index contributed by atoms with van der Waals surface area (Å²) in [6.45, 7) is 7.05. The number of hydrogen-bond acceptors (Lipinski definition) is 7. The van der Waals surface area contributed by atoms with Crippen LogP contribution in [0.15, 0.2) is 36.4 Å². The predicted molar refractivity (Wildman–Crippen MR) is 135 cm³/mol. The smallest absolute Gasteiger partial charge is 0.252 e. The fraction of sp³-hybridized carbons (Fsp3) is 0.360. The van der Waals surface area contributed by atoms with E-state index in [-0.39, 0.29) is 12.7 Å². The van der Waals surface area contributed by atoms with E-state index in [1.165, 1.54) is 11.3 Å². The van der Waals surface area contributed by atoms with E-state index in [0.717, 1.165) is 66.4 Å². The van der Waals surface area contributed by atoms with Crippen molar-refractivity contribution in [2.75, 3.05) is 51.1 Å². The summed E-state index contributed by atoms with van der Waals surface area (Å²) in [5, 5.41) is 1.36. The third-order valence-corrected chi connectivity index (χ3v) is 7.46. The van der Waals surface area contributed by atoms with Gasteiger partial charge in [0.05, 0.1) is 23.4 Å². The number of fused-ring (bicyclic) bond motifs is 2.